The minimum Gasteiger partial charge on any atom is -0.458 e. The van der Waals surface area contributed by atoms with E-state index in [1.165, 1.54) is 12.1 Å². The molecule has 13 heteroatoms. The van der Waals surface area contributed by atoms with Crippen molar-refractivity contribution in [2.24, 2.45) is 5.92 Å². The monoisotopic (exact) mass is 676 g/mol. The largest absolute Gasteiger partial charge is 0.458 e. The van der Waals surface area contributed by atoms with Crippen molar-refractivity contribution < 1.29 is 33.6 Å². The number of nitro benzene ring substituents is 1. The molecule has 0 unspecified atom stereocenters. The van der Waals surface area contributed by atoms with Gasteiger partial charge in [0.1, 0.15) is 35.5 Å². The molecular weight excluding hydrogens is 640 g/mol. The number of benzene rings is 3. The average Bonchev–Trinajstić information content (AvgIpc) is 3.34. The van der Waals surface area contributed by atoms with Crippen molar-refractivity contribution in [1.82, 2.24) is 15.5 Å². The van der Waals surface area contributed by atoms with Crippen LogP contribution in [0.4, 0.5) is 10.5 Å². The predicted molar refractivity (Wildman–Crippen MR) is 177 cm³/mol. The number of rotatable bonds is 8. The SMILES string of the molecule is CC(C)[C@H](NC(=O)OCC1c2ccccc2-c2ccccc21)C(=O)N1[C@@H](c2ccc(Cl)c([N+](=O)[O-])c2)NC(=O)C[C@H]1C(=O)OC(C)(C)C. The Morgan fingerprint density at radius 2 is 1.65 bits per heavy atom. The van der Waals surface area contributed by atoms with Gasteiger partial charge in [-0.05, 0) is 55.0 Å². The number of alkyl carbamates (subject to hydrolysis) is 1. The third-order valence-corrected chi connectivity index (χ3v) is 8.58. The molecule has 0 spiro atoms. The van der Waals surface area contributed by atoms with Gasteiger partial charge in [-0.15, -0.1) is 0 Å². The first-order valence-electron chi connectivity index (χ1n) is 15.6. The summed E-state index contributed by atoms with van der Waals surface area (Å²) in [5.41, 5.74) is 2.89. The predicted octanol–water partition coefficient (Wildman–Crippen LogP) is 5.87. The molecule has 3 aromatic rings. The molecule has 2 N–H and O–H groups in total. The average molecular weight is 677 g/mol. The van der Waals surface area contributed by atoms with Crippen LogP contribution in [0.3, 0.4) is 0 Å². The molecule has 48 heavy (non-hydrogen) atoms. The number of carbonyl (C=O) groups is 4. The fourth-order valence-corrected chi connectivity index (χ4v) is 6.29. The van der Waals surface area contributed by atoms with Gasteiger partial charge in [0.2, 0.25) is 11.8 Å². The number of fused-ring (bicyclic) bond motifs is 3. The zero-order valence-electron chi connectivity index (χ0n) is 27.2. The standard InChI is InChI=1S/C35H37ClN4O8/c1-19(2)30(38-34(44)47-18-25-23-12-8-6-10-21(23)22-11-7-9-13-24(22)25)32(42)39-28(33(43)48-35(3,4)5)17-29(41)37-31(39)20-14-15-26(36)27(16-20)40(45)46/h6-16,19,25,28,30-31H,17-18H2,1-5H3,(H,37,41)(H,38,44)/t28-,30-,31-/m0/s1. The molecule has 1 saturated heterocycles. The molecule has 1 aliphatic carbocycles. The van der Waals surface area contributed by atoms with E-state index in [2.05, 4.69) is 10.6 Å². The maximum absolute atomic E-state index is 14.5. The highest BCUT2D eigenvalue weighted by atomic mass is 35.5. The van der Waals surface area contributed by atoms with Gasteiger partial charge in [-0.2, -0.15) is 0 Å². The third kappa shape index (κ3) is 7.13. The quantitative estimate of drug-likeness (QED) is 0.170. The topological polar surface area (TPSA) is 157 Å². The first kappa shape index (κ1) is 34.4. The number of hydrogen-bond donors (Lipinski definition) is 2. The van der Waals surface area contributed by atoms with E-state index < -0.39 is 70.7 Å². The van der Waals surface area contributed by atoms with Crippen LogP contribution in [0.1, 0.15) is 69.8 Å². The molecule has 2 aliphatic rings. The van der Waals surface area contributed by atoms with Crippen molar-refractivity contribution in [1.29, 1.82) is 0 Å². The van der Waals surface area contributed by atoms with E-state index >= 15 is 0 Å². The maximum Gasteiger partial charge on any atom is 0.407 e. The van der Waals surface area contributed by atoms with Gasteiger partial charge in [0.05, 0.1) is 11.3 Å². The van der Waals surface area contributed by atoms with E-state index in [0.29, 0.717) is 0 Å². The lowest BCUT2D eigenvalue weighted by atomic mass is 9.96. The van der Waals surface area contributed by atoms with Crippen LogP contribution in [-0.2, 0) is 23.9 Å². The Labute approximate surface area is 282 Å². The van der Waals surface area contributed by atoms with Crippen molar-refractivity contribution >= 4 is 41.2 Å². The number of nitrogens with one attached hydrogen (secondary N) is 2. The van der Waals surface area contributed by atoms with Crippen LogP contribution in [0.25, 0.3) is 11.1 Å². The van der Waals surface area contributed by atoms with E-state index in [-0.39, 0.29) is 23.1 Å². The van der Waals surface area contributed by atoms with Crippen molar-refractivity contribution in [3.05, 3.63) is 98.6 Å². The second-order valence-electron chi connectivity index (χ2n) is 13.1. The zero-order chi connectivity index (χ0) is 34.9. The molecule has 12 nitrogen and oxygen atoms in total. The van der Waals surface area contributed by atoms with E-state index in [4.69, 9.17) is 21.1 Å². The molecular formula is C35H37ClN4O8. The van der Waals surface area contributed by atoms with Crippen LogP contribution in [0.5, 0.6) is 0 Å². The molecule has 5 rings (SSSR count). The second-order valence-corrected chi connectivity index (χ2v) is 13.5. The van der Waals surface area contributed by atoms with Crippen LogP contribution in [0.15, 0.2) is 66.7 Å². The molecule has 0 aromatic heterocycles. The van der Waals surface area contributed by atoms with Crippen LogP contribution >= 0.6 is 11.6 Å². The van der Waals surface area contributed by atoms with E-state index in [9.17, 15) is 29.3 Å². The molecule has 1 heterocycles. The minimum atomic E-state index is -1.41. The molecule has 252 valence electrons. The smallest absolute Gasteiger partial charge is 0.407 e. The summed E-state index contributed by atoms with van der Waals surface area (Å²) in [7, 11) is 0. The number of nitrogens with zero attached hydrogens (tertiary/aromatic N) is 2. The summed E-state index contributed by atoms with van der Waals surface area (Å²) in [6.07, 6.45) is -2.60. The summed E-state index contributed by atoms with van der Waals surface area (Å²) in [6.45, 7) is 8.37. The summed E-state index contributed by atoms with van der Waals surface area (Å²) in [5, 5.41) is 16.9. The Balaban J connectivity index is 1.43. The van der Waals surface area contributed by atoms with E-state index in [1.54, 1.807) is 34.6 Å². The molecule has 1 aliphatic heterocycles. The lowest BCUT2D eigenvalue weighted by molar-refractivity contribution is -0.384. The lowest BCUT2D eigenvalue weighted by Gasteiger charge is -2.43. The van der Waals surface area contributed by atoms with Crippen LogP contribution in [0.2, 0.25) is 5.02 Å². The summed E-state index contributed by atoms with van der Waals surface area (Å²) < 4.78 is 11.3. The summed E-state index contributed by atoms with van der Waals surface area (Å²) >= 11 is 6.05. The molecule has 0 bridgehead atoms. The first-order chi connectivity index (χ1) is 22.7. The number of ether oxygens (including phenoxy) is 2. The summed E-state index contributed by atoms with van der Waals surface area (Å²) in [6, 6.07) is 17.0. The van der Waals surface area contributed by atoms with Crippen molar-refractivity contribution in [3.8, 4) is 11.1 Å². The van der Waals surface area contributed by atoms with Crippen molar-refractivity contribution in [2.75, 3.05) is 6.61 Å². The summed E-state index contributed by atoms with van der Waals surface area (Å²) in [4.78, 5) is 66.4. The molecule has 3 amide bonds. The number of carbonyl (C=O) groups excluding carboxylic acids is 4. The fraction of sp³-hybridized carbons (Fsp3) is 0.371. The highest BCUT2D eigenvalue weighted by Gasteiger charge is 2.47. The summed E-state index contributed by atoms with van der Waals surface area (Å²) in [5.74, 6) is -2.87. The van der Waals surface area contributed by atoms with Gasteiger partial charge in [0.25, 0.3) is 5.69 Å². The molecule has 3 aromatic carbocycles. The maximum atomic E-state index is 14.5. The number of hydrogen-bond acceptors (Lipinski definition) is 8. The highest BCUT2D eigenvalue weighted by Crippen LogP contribution is 2.44. The molecule has 0 saturated carbocycles. The second kappa shape index (κ2) is 13.6. The number of nitro groups is 1. The van der Waals surface area contributed by atoms with Crippen molar-refractivity contribution in [2.45, 2.75) is 70.8 Å². The number of esters is 1. The Hall–Kier alpha value is -4.97. The van der Waals surface area contributed by atoms with E-state index in [1.807, 2.05) is 48.5 Å². The van der Waals surface area contributed by atoms with E-state index in [0.717, 1.165) is 33.2 Å². The Morgan fingerprint density at radius 1 is 1.04 bits per heavy atom. The molecule has 0 radical (unpaired) electrons. The van der Waals surface area contributed by atoms with Crippen LogP contribution in [-0.4, -0.2) is 58.0 Å². The van der Waals surface area contributed by atoms with Gasteiger partial charge in [-0.1, -0.05) is 80.0 Å². The van der Waals surface area contributed by atoms with Gasteiger partial charge >= 0.3 is 12.1 Å². The number of halogens is 1. The van der Waals surface area contributed by atoms with Crippen LogP contribution in [0, 0.1) is 16.0 Å². The molecule has 3 atom stereocenters. The van der Waals surface area contributed by atoms with Crippen molar-refractivity contribution in [3.63, 3.8) is 0 Å². The normalized spacial score (nSPS) is 18.0. The highest BCUT2D eigenvalue weighted by molar-refractivity contribution is 6.32. The zero-order valence-corrected chi connectivity index (χ0v) is 27.9. The first-order valence-corrected chi connectivity index (χ1v) is 15.9. The Bertz CT molecular complexity index is 1730. The Morgan fingerprint density at radius 3 is 2.21 bits per heavy atom. The molecule has 1 fully saturated rings. The Kier molecular flexibility index (Phi) is 9.76. The van der Waals surface area contributed by atoms with Crippen LogP contribution < -0.4 is 10.6 Å². The number of amides is 3. The third-order valence-electron chi connectivity index (χ3n) is 8.26. The van der Waals surface area contributed by atoms with Gasteiger partial charge in [0.15, 0.2) is 0 Å². The van der Waals surface area contributed by atoms with Gasteiger partial charge in [0, 0.05) is 17.5 Å². The fourth-order valence-electron chi connectivity index (χ4n) is 6.11. The van der Waals surface area contributed by atoms with Gasteiger partial charge in [-0.25, -0.2) is 9.59 Å². The minimum absolute atomic E-state index is 0.0102. The lowest BCUT2D eigenvalue weighted by Crippen LogP contribution is -2.63. The van der Waals surface area contributed by atoms with Gasteiger partial charge < -0.3 is 25.0 Å². The van der Waals surface area contributed by atoms with Gasteiger partial charge in [-0.3, -0.25) is 19.7 Å².